The average Bonchev–Trinajstić information content (AvgIpc) is 3.38. The summed E-state index contributed by atoms with van der Waals surface area (Å²) in [6, 6.07) is 9.06. The molecule has 0 atom stereocenters. The van der Waals surface area contributed by atoms with Gasteiger partial charge in [0, 0.05) is 13.7 Å². The quantitative estimate of drug-likeness (QED) is 0.709. The normalized spacial score (nSPS) is 12.8. The fourth-order valence-corrected chi connectivity index (χ4v) is 4.13. The maximum absolute atomic E-state index is 8.00. The number of anilines is 1. The Balaban J connectivity index is 0. The summed E-state index contributed by atoms with van der Waals surface area (Å²) in [5, 5.41) is 0. The van der Waals surface area contributed by atoms with Crippen molar-refractivity contribution in [3.63, 3.8) is 0 Å². The van der Waals surface area contributed by atoms with Gasteiger partial charge in [0.1, 0.15) is 6.79 Å². The molecule has 2 aromatic rings. The fourth-order valence-electron chi connectivity index (χ4n) is 4.13. The van der Waals surface area contributed by atoms with Gasteiger partial charge in [-0.25, -0.2) is 0 Å². The highest BCUT2D eigenvalue weighted by atomic mass is 16.1. The van der Waals surface area contributed by atoms with Crippen molar-refractivity contribution in [2.45, 2.75) is 72.8 Å². The molecule has 0 saturated carbocycles. The molecule has 2 aliphatic carbocycles. The van der Waals surface area contributed by atoms with Crippen molar-refractivity contribution in [3.8, 4) is 0 Å². The van der Waals surface area contributed by atoms with Crippen molar-refractivity contribution in [2.24, 2.45) is 0 Å². The summed E-state index contributed by atoms with van der Waals surface area (Å²) >= 11 is 0. The summed E-state index contributed by atoms with van der Waals surface area (Å²) in [5.41, 5.74) is 17.5. The average molecular weight is 417 g/mol. The molecule has 2 aliphatic rings. The number of hydrogen-bond donors (Lipinski definition) is 1. The van der Waals surface area contributed by atoms with Crippen molar-refractivity contribution in [1.29, 1.82) is 0 Å². The van der Waals surface area contributed by atoms with Crippen molar-refractivity contribution < 1.29 is 11.7 Å². The Morgan fingerprint density at radius 2 is 1.40 bits per heavy atom. The maximum Gasteiger partial charge on any atom is 0.106 e. The largest absolute Gasteiger partial charge is 0.412 e. The van der Waals surface area contributed by atoms with Gasteiger partial charge >= 0.3 is 0 Å². The van der Waals surface area contributed by atoms with Gasteiger partial charge < -0.3 is 20.9 Å². The van der Waals surface area contributed by atoms with Crippen LogP contribution >= 0.6 is 0 Å². The molecule has 0 spiro atoms. The zero-order chi connectivity index (χ0) is 22.0. The lowest BCUT2D eigenvalue weighted by atomic mass is 9.99. The van der Waals surface area contributed by atoms with Crippen LogP contribution in [0.1, 0.15) is 67.1 Å². The molecule has 170 valence electrons. The molecule has 4 nitrogen and oxygen atoms in total. The number of carbonyl (C=O) groups excluding carboxylic acids is 1. The molecule has 4 rings (SSSR count). The van der Waals surface area contributed by atoms with Crippen LogP contribution in [0.2, 0.25) is 0 Å². The Morgan fingerprint density at radius 1 is 0.900 bits per heavy atom. The van der Waals surface area contributed by atoms with Gasteiger partial charge in [-0.05, 0) is 105 Å². The highest BCUT2D eigenvalue weighted by Crippen LogP contribution is 2.36. The van der Waals surface area contributed by atoms with Gasteiger partial charge in [-0.3, -0.25) is 0 Å². The van der Waals surface area contributed by atoms with E-state index in [4.69, 9.17) is 10.5 Å². The third-order valence-electron chi connectivity index (χ3n) is 5.59. The van der Waals surface area contributed by atoms with Crippen LogP contribution in [0.15, 0.2) is 24.3 Å². The molecule has 4 heteroatoms. The summed E-state index contributed by atoms with van der Waals surface area (Å²) in [6.07, 6.45) is 7.56. The molecule has 0 unspecified atom stereocenters. The topological polar surface area (TPSA) is 77.8 Å². The SMILES string of the molecule is C=O.CC.Cc1ccc(CN(C)C)cc1C.Nc1c2c(cc3c1CCC3)CCC2.O.[HH]. The van der Waals surface area contributed by atoms with Gasteiger partial charge in [-0.15, -0.1) is 0 Å². The summed E-state index contributed by atoms with van der Waals surface area (Å²) in [5.74, 6) is 0. The Labute approximate surface area is 185 Å². The molecular weight excluding hydrogens is 372 g/mol. The van der Waals surface area contributed by atoms with Gasteiger partial charge in [-0.1, -0.05) is 38.1 Å². The minimum Gasteiger partial charge on any atom is -0.412 e. The molecule has 0 bridgehead atoms. The van der Waals surface area contributed by atoms with Crippen LogP contribution in [0.5, 0.6) is 0 Å². The van der Waals surface area contributed by atoms with E-state index in [1.165, 1.54) is 77.5 Å². The molecule has 0 aliphatic heterocycles. The standard InChI is InChI=1S/C12H15N.C11H17N.C2H6.CH2O.H2O.H2/c13-12-10-5-1-3-8(10)7-9-4-2-6-11(9)12;1-9-5-6-11(7-10(9)2)8-12(3)4;2*1-2;;/h7H,1-6,13H2;5-7H,8H2,1-4H3;1-2H3;1H2;1H2;1H. The van der Waals surface area contributed by atoms with Crippen LogP contribution in [0, 0.1) is 13.8 Å². The van der Waals surface area contributed by atoms with E-state index in [1.807, 2.05) is 20.6 Å². The first-order chi connectivity index (χ1) is 14.0. The van der Waals surface area contributed by atoms with E-state index in [1.54, 1.807) is 0 Å². The zero-order valence-electron chi connectivity index (χ0n) is 19.9. The van der Waals surface area contributed by atoms with Crippen LogP contribution < -0.4 is 5.73 Å². The second-order valence-electron chi connectivity index (χ2n) is 7.93. The number of nitrogens with two attached hydrogens (primary N) is 1. The van der Waals surface area contributed by atoms with Crippen LogP contribution in [-0.2, 0) is 37.0 Å². The van der Waals surface area contributed by atoms with Crippen LogP contribution in [0.4, 0.5) is 5.69 Å². The Hall–Kier alpha value is -2.17. The Morgan fingerprint density at radius 3 is 1.83 bits per heavy atom. The highest BCUT2D eigenvalue weighted by molar-refractivity contribution is 5.63. The third kappa shape index (κ3) is 7.26. The summed E-state index contributed by atoms with van der Waals surface area (Å²) in [4.78, 5) is 10.2. The molecule has 0 saturated heterocycles. The van der Waals surface area contributed by atoms with Crippen LogP contribution in [0.25, 0.3) is 0 Å². The molecule has 0 radical (unpaired) electrons. The lowest BCUT2D eigenvalue weighted by molar-refractivity contribution is -0.0979. The molecule has 30 heavy (non-hydrogen) atoms. The molecule has 0 amide bonds. The van der Waals surface area contributed by atoms with E-state index in [2.05, 4.69) is 57.1 Å². The van der Waals surface area contributed by atoms with E-state index in [9.17, 15) is 0 Å². The highest BCUT2D eigenvalue weighted by Gasteiger charge is 2.21. The molecule has 0 fully saturated rings. The van der Waals surface area contributed by atoms with E-state index in [-0.39, 0.29) is 6.90 Å². The van der Waals surface area contributed by atoms with Gasteiger partial charge in [0.15, 0.2) is 0 Å². The Kier molecular flexibility index (Phi) is 12.9. The predicted octanol–water partition coefficient (Wildman–Crippen LogP) is 4.87. The van der Waals surface area contributed by atoms with Gasteiger partial charge in [0.25, 0.3) is 0 Å². The zero-order valence-corrected chi connectivity index (χ0v) is 19.9. The summed E-state index contributed by atoms with van der Waals surface area (Å²) in [7, 11) is 4.18. The first kappa shape index (κ1) is 27.8. The molecule has 0 heterocycles. The number of fused-ring (bicyclic) bond motifs is 2. The number of benzene rings is 2. The second kappa shape index (κ2) is 13.9. The molecule has 4 N–H and O–H groups in total. The van der Waals surface area contributed by atoms with E-state index in [0.717, 1.165) is 12.2 Å². The van der Waals surface area contributed by atoms with Gasteiger partial charge in [0.2, 0.25) is 0 Å². The monoisotopic (exact) mass is 416 g/mol. The number of aryl methyl sites for hydroxylation is 4. The maximum atomic E-state index is 8.00. The molecular formula is C26H44N2O2. The lowest BCUT2D eigenvalue weighted by Gasteiger charge is -2.10. The minimum atomic E-state index is 0. The van der Waals surface area contributed by atoms with Gasteiger partial charge in [-0.2, -0.15) is 0 Å². The number of nitrogen functional groups attached to an aromatic ring is 1. The van der Waals surface area contributed by atoms with Gasteiger partial charge in [0.05, 0.1) is 0 Å². The summed E-state index contributed by atoms with van der Waals surface area (Å²) < 4.78 is 0. The lowest BCUT2D eigenvalue weighted by Crippen LogP contribution is -2.10. The first-order valence-electron chi connectivity index (χ1n) is 10.9. The minimum absolute atomic E-state index is 0. The molecule has 2 aromatic carbocycles. The summed E-state index contributed by atoms with van der Waals surface area (Å²) in [6.45, 7) is 11.3. The van der Waals surface area contributed by atoms with Crippen molar-refractivity contribution in [3.05, 3.63) is 63.2 Å². The van der Waals surface area contributed by atoms with Crippen LogP contribution in [0.3, 0.4) is 0 Å². The Bertz CT molecular complexity index is 759. The van der Waals surface area contributed by atoms with Crippen LogP contribution in [-0.4, -0.2) is 31.3 Å². The number of hydrogen-bond acceptors (Lipinski definition) is 3. The van der Waals surface area contributed by atoms with Crippen molar-refractivity contribution in [2.75, 3.05) is 19.8 Å². The first-order valence-corrected chi connectivity index (χ1v) is 10.9. The fraction of sp³-hybridized carbons (Fsp3) is 0.500. The molecule has 0 aromatic heterocycles. The number of nitrogens with zero attached hydrogens (tertiary/aromatic N) is 1. The second-order valence-corrected chi connectivity index (χ2v) is 7.93. The van der Waals surface area contributed by atoms with E-state index >= 15 is 0 Å². The third-order valence-corrected chi connectivity index (χ3v) is 5.59. The van der Waals surface area contributed by atoms with E-state index in [0.29, 0.717) is 0 Å². The number of carbonyl (C=O) groups is 1. The number of rotatable bonds is 2. The smallest absolute Gasteiger partial charge is 0.106 e. The predicted molar refractivity (Wildman–Crippen MR) is 132 cm³/mol. The van der Waals surface area contributed by atoms with Crippen molar-refractivity contribution in [1.82, 2.24) is 4.90 Å². The van der Waals surface area contributed by atoms with E-state index < -0.39 is 0 Å². The van der Waals surface area contributed by atoms with Crippen molar-refractivity contribution >= 4 is 12.5 Å².